The smallest absolute Gasteiger partial charge is 0.230 e. The van der Waals surface area contributed by atoms with Gasteiger partial charge >= 0.3 is 0 Å². The maximum absolute atomic E-state index is 13.0. The zero-order valence-corrected chi connectivity index (χ0v) is 13.0. The molecular formula is C16H24N2OS. The monoisotopic (exact) mass is 292 g/mol. The summed E-state index contributed by atoms with van der Waals surface area (Å²) in [4.78, 5) is 16.5. The molecule has 0 radical (unpaired) electrons. The van der Waals surface area contributed by atoms with Gasteiger partial charge in [-0.1, -0.05) is 6.92 Å². The average Bonchev–Trinajstić information content (AvgIpc) is 2.94. The number of amides is 1. The predicted octanol–water partition coefficient (Wildman–Crippen LogP) is 2.75. The average molecular weight is 292 g/mol. The van der Waals surface area contributed by atoms with Crippen LogP contribution in [-0.2, 0) is 11.2 Å². The number of thiophene rings is 1. The third-order valence-electron chi connectivity index (χ3n) is 4.99. The maximum atomic E-state index is 13.0. The van der Waals surface area contributed by atoms with Gasteiger partial charge in [-0.3, -0.25) is 4.79 Å². The molecule has 3 unspecified atom stereocenters. The van der Waals surface area contributed by atoms with Crippen molar-refractivity contribution in [2.45, 2.75) is 51.0 Å². The van der Waals surface area contributed by atoms with Crippen LogP contribution < -0.4 is 5.73 Å². The molecular weight excluding hydrogens is 268 g/mol. The molecule has 1 aromatic rings. The van der Waals surface area contributed by atoms with Crippen LogP contribution in [0, 0.1) is 5.92 Å². The standard InChI is InChI=1S/C16H24N2OS/c1-11-4-3-8-18(14(11)10-17)16(19)13-5-2-6-15-12(13)7-9-20-15/h7,9,11,13-14H,2-6,8,10,17H2,1H3. The van der Waals surface area contributed by atoms with Crippen LogP contribution in [0.25, 0.3) is 0 Å². The van der Waals surface area contributed by atoms with Crippen LogP contribution in [0.15, 0.2) is 11.4 Å². The summed E-state index contributed by atoms with van der Waals surface area (Å²) >= 11 is 1.80. The van der Waals surface area contributed by atoms with Gasteiger partial charge in [0.25, 0.3) is 0 Å². The fourth-order valence-corrected chi connectivity index (χ4v) is 4.81. The van der Waals surface area contributed by atoms with Gasteiger partial charge in [0, 0.05) is 24.0 Å². The van der Waals surface area contributed by atoms with Crippen LogP contribution in [0.1, 0.15) is 49.0 Å². The molecule has 4 heteroatoms. The Morgan fingerprint density at radius 3 is 3.10 bits per heavy atom. The molecule has 3 nitrogen and oxygen atoms in total. The molecule has 2 heterocycles. The minimum absolute atomic E-state index is 0.0874. The molecule has 110 valence electrons. The highest BCUT2D eigenvalue weighted by atomic mass is 32.1. The summed E-state index contributed by atoms with van der Waals surface area (Å²) in [6.45, 7) is 3.71. The van der Waals surface area contributed by atoms with E-state index in [9.17, 15) is 4.79 Å². The van der Waals surface area contributed by atoms with E-state index in [0.717, 1.165) is 32.2 Å². The van der Waals surface area contributed by atoms with Crippen molar-refractivity contribution in [3.8, 4) is 0 Å². The second kappa shape index (κ2) is 5.86. The molecule has 2 N–H and O–H groups in total. The van der Waals surface area contributed by atoms with E-state index in [0.29, 0.717) is 18.4 Å². The third kappa shape index (κ3) is 2.40. The molecule has 0 bridgehead atoms. The summed E-state index contributed by atoms with van der Waals surface area (Å²) in [5.74, 6) is 0.943. The van der Waals surface area contributed by atoms with Gasteiger partial charge in [0.05, 0.1) is 5.92 Å². The summed E-state index contributed by atoms with van der Waals surface area (Å²) in [5, 5.41) is 2.13. The molecule has 0 spiro atoms. The number of rotatable bonds is 2. The van der Waals surface area contributed by atoms with Crippen LogP contribution in [-0.4, -0.2) is 29.9 Å². The molecule has 3 atom stereocenters. The van der Waals surface area contributed by atoms with Crippen molar-refractivity contribution in [1.82, 2.24) is 4.90 Å². The molecule has 0 saturated carbocycles. The van der Waals surface area contributed by atoms with E-state index in [-0.39, 0.29) is 12.0 Å². The van der Waals surface area contributed by atoms with Crippen molar-refractivity contribution in [3.63, 3.8) is 0 Å². The van der Waals surface area contributed by atoms with Crippen molar-refractivity contribution >= 4 is 17.2 Å². The molecule has 1 aromatic heterocycles. The first-order valence-corrected chi connectivity index (χ1v) is 8.67. The van der Waals surface area contributed by atoms with Crippen molar-refractivity contribution in [3.05, 3.63) is 21.9 Å². The van der Waals surface area contributed by atoms with Gasteiger partial charge in [-0.2, -0.15) is 0 Å². The van der Waals surface area contributed by atoms with Gasteiger partial charge < -0.3 is 10.6 Å². The fraction of sp³-hybridized carbons (Fsp3) is 0.688. The highest BCUT2D eigenvalue weighted by Crippen LogP contribution is 2.37. The zero-order valence-electron chi connectivity index (χ0n) is 12.2. The highest BCUT2D eigenvalue weighted by molar-refractivity contribution is 7.10. The Bertz CT molecular complexity index is 485. The lowest BCUT2D eigenvalue weighted by Crippen LogP contribution is -2.52. The Hall–Kier alpha value is -0.870. The third-order valence-corrected chi connectivity index (χ3v) is 5.99. The second-order valence-corrected chi connectivity index (χ2v) is 7.20. The van der Waals surface area contributed by atoms with Crippen LogP contribution in [0.4, 0.5) is 0 Å². The largest absolute Gasteiger partial charge is 0.338 e. The molecule has 1 aliphatic heterocycles. The molecule has 20 heavy (non-hydrogen) atoms. The molecule has 1 saturated heterocycles. The van der Waals surface area contributed by atoms with Gasteiger partial charge in [0.1, 0.15) is 0 Å². The van der Waals surface area contributed by atoms with Crippen molar-refractivity contribution in [1.29, 1.82) is 0 Å². The minimum atomic E-state index is 0.0874. The number of piperidine rings is 1. The molecule has 1 amide bonds. The number of hydrogen-bond donors (Lipinski definition) is 1. The van der Waals surface area contributed by atoms with Gasteiger partial charge in [-0.05, 0) is 55.0 Å². The Morgan fingerprint density at radius 1 is 1.45 bits per heavy atom. The fourth-order valence-electron chi connectivity index (χ4n) is 3.83. The van der Waals surface area contributed by atoms with Gasteiger partial charge in [0.2, 0.25) is 5.91 Å². The van der Waals surface area contributed by atoms with E-state index in [4.69, 9.17) is 5.73 Å². The van der Waals surface area contributed by atoms with Crippen LogP contribution in [0.3, 0.4) is 0 Å². The summed E-state index contributed by atoms with van der Waals surface area (Å²) < 4.78 is 0. The van der Waals surface area contributed by atoms with Gasteiger partial charge in [0.15, 0.2) is 0 Å². The molecule has 3 rings (SSSR count). The number of hydrogen-bond acceptors (Lipinski definition) is 3. The SMILES string of the molecule is CC1CCCN(C(=O)C2CCCc3sccc32)C1CN. The lowest BCUT2D eigenvalue weighted by atomic mass is 9.84. The summed E-state index contributed by atoms with van der Waals surface area (Å²) in [6, 6.07) is 2.40. The highest BCUT2D eigenvalue weighted by Gasteiger charge is 2.36. The van der Waals surface area contributed by atoms with E-state index in [1.165, 1.54) is 16.9 Å². The maximum Gasteiger partial charge on any atom is 0.230 e. The lowest BCUT2D eigenvalue weighted by Gasteiger charge is -2.41. The van der Waals surface area contributed by atoms with E-state index >= 15 is 0 Å². The molecule has 1 aliphatic carbocycles. The quantitative estimate of drug-likeness (QED) is 0.911. The number of carbonyl (C=O) groups excluding carboxylic acids is 1. The number of fused-ring (bicyclic) bond motifs is 1. The van der Waals surface area contributed by atoms with E-state index < -0.39 is 0 Å². The first-order chi connectivity index (χ1) is 9.72. The number of carbonyl (C=O) groups is 1. The Labute approximate surface area is 125 Å². The normalized spacial score (nSPS) is 30.1. The van der Waals surface area contributed by atoms with Crippen molar-refractivity contribution in [2.75, 3.05) is 13.1 Å². The second-order valence-electron chi connectivity index (χ2n) is 6.20. The van der Waals surface area contributed by atoms with E-state index in [1.807, 2.05) is 0 Å². The summed E-state index contributed by atoms with van der Waals surface area (Å²) in [7, 11) is 0. The van der Waals surface area contributed by atoms with Gasteiger partial charge in [-0.25, -0.2) is 0 Å². The zero-order chi connectivity index (χ0) is 14.1. The van der Waals surface area contributed by atoms with Crippen LogP contribution in [0.5, 0.6) is 0 Å². The van der Waals surface area contributed by atoms with E-state index in [2.05, 4.69) is 23.3 Å². The predicted molar refractivity (Wildman–Crippen MR) is 83.0 cm³/mol. The Kier molecular flexibility index (Phi) is 4.13. The van der Waals surface area contributed by atoms with Crippen molar-refractivity contribution < 1.29 is 4.79 Å². The van der Waals surface area contributed by atoms with Gasteiger partial charge in [-0.15, -0.1) is 11.3 Å². The first kappa shape index (κ1) is 14.1. The summed E-state index contributed by atoms with van der Waals surface area (Å²) in [5.41, 5.74) is 7.23. The minimum Gasteiger partial charge on any atom is -0.338 e. The molecule has 2 aliphatic rings. The van der Waals surface area contributed by atoms with Crippen molar-refractivity contribution in [2.24, 2.45) is 11.7 Å². The number of aryl methyl sites for hydroxylation is 1. The summed E-state index contributed by atoms with van der Waals surface area (Å²) in [6.07, 6.45) is 5.60. The Balaban J connectivity index is 1.82. The van der Waals surface area contributed by atoms with E-state index in [1.54, 1.807) is 11.3 Å². The molecule has 0 aromatic carbocycles. The first-order valence-electron chi connectivity index (χ1n) is 7.79. The number of nitrogens with two attached hydrogens (primary N) is 1. The number of nitrogens with zero attached hydrogens (tertiary/aromatic N) is 1. The van der Waals surface area contributed by atoms with Crippen LogP contribution >= 0.6 is 11.3 Å². The number of likely N-dealkylation sites (tertiary alicyclic amines) is 1. The van der Waals surface area contributed by atoms with Crippen LogP contribution in [0.2, 0.25) is 0 Å². The Morgan fingerprint density at radius 2 is 2.30 bits per heavy atom. The lowest BCUT2D eigenvalue weighted by molar-refractivity contribution is -0.138. The topological polar surface area (TPSA) is 46.3 Å². The molecule has 1 fully saturated rings.